The number of nitrogens with zero attached hydrogens (tertiary/aromatic N) is 4. The summed E-state index contributed by atoms with van der Waals surface area (Å²) in [5, 5.41) is 6.31. The lowest BCUT2D eigenvalue weighted by atomic mass is 10.1. The van der Waals surface area contributed by atoms with E-state index in [-0.39, 0.29) is 34.4 Å². The predicted molar refractivity (Wildman–Crippen MR) is 149 cm³/mol. The summed E-state index contributed by atoms with van der Waals surface area (Å²) in [5.74, 6) is -2.07. The third-order valence-corrected chi connectivity index (χ3v) is 6.11. The smallest absolute Gasteiger partial charge is 0.433 e. The number of aromatic nitrogens is 4. The number of anilines is 1. The van der Waals surface area contributed by atoms with E-state index in [0.717, 1.165) is 6.07 Å². The molecule has 0 aliphatic rings. The number of halogens is 5. The van der Waals surface area contributed by atoms with E-state index in [1.807, 2.05) is 0 Å². The Kier molecular flexibility index (Phi) is 7.35. The van der Waals surface area contributed by atoms with E-state index in [9.17, 15) is 26.7 Å². The molecule has 0 radical (unpaired) electrons. The van der Waals surface area contributed by atoms with E-state index in [2.05, 4.69) is 20.4 Å². The number of hydrogen-bond donors (Lipinski definition) is 1. The summed E-state index contributed by atoms with van der Waals surface area (Å²) in [4.78, 5) is 21.3. The molecular weight excluding hydrogens is 585 g/mol. The lowest BCUT2D eigenvalue weighted by Crippen LogP contribution is -2.16. The summed E-state index contributed by atoms with van der Waals surface area (Å²) in [7, 11) is 0. The topological polar surface area (TPSA) is 90.6 Å². The van der Waals surface area contributed by atoms with E-state index >= 15 is 0 Å². The summed E-state index contributed by atoms with van der Waals surface area (Å²) in [6.45, 7) is 0. The van der Waals surface area contributed by atoms with Gasteiger partial charge in [0.2, 0.25) is 5.82 Å². The molecule has 44 heavy (non-hydrogen) atoms. The van der Waals surface area contributed by atoms with Crippen LogP contribution in [0.5, 0.6) is 23.0 Å². The standard InChI is InChI=1S/C31H18F5N5O3/c32-19-6-10-22(11-7-19)43-24-14-21(15-25(16-24)44-23-12-8-20(33)9-13-23)37-29(42)28-39-30-38-26(18-4-2-1-3-5-18)17-27(31(34,35)36)41(30)40-28/h1-17H,(H,37,42). The van der Waals surface area contributed by atoms with Crippen LogP contribution in [0.2, 0.25) is 0 Å². The minimum absolute atomic E-state index is 0.00184. The predicted octanol–water partition coefficient (Wildman–Crippen LogP) is 7.93. The van der Waals surface area contributed by atoms with Crippen LogP contribution >= 0.6 is 0 Å². The molecule has 1 N–H and O–H groups in total. The molecule has 0 aliphatic carbocycles. The number of fused-ring (bicyclic) bond motifs is 1. The molecule has 0 saturated heterocycles. The maximum absolute atomic E-state index is 14.0. The number of rotatable bonds is 7. The normalized spacial score (nSPS) is 11.4. The summed E-state index contributed by atoms with van der Waals surface area (Å²) in [6, 6.07) is 23.6. The van der Waals surface area contributed by atoms with Crippen LogP contribution in [0.15, 0.2) is 103 Å². The zero-order valence-corrected chi connectivity index (χ0v) is 22.2. The Labute approximate surface area is 245 Å². The fourth-order valence-corrected chi connectivity index (χ4v) is 4.15. The van der Waals surface area contributed by atoms with Crippen molar-refractivity contribution in [2.24, 2.45) is 0 Å². The Morgan fingerprint density at radius 3 is 1.82 bits per heavy atom. The SMILES string of the molecule is O=C(Nc1cc(Oc2ccc(F)cc2)cc(Oc2ccc(F)cc2)c1)c1nc2nc(-c3ccccc3)cc(C(F)(F)F)n2n1. The Balaban J connectivity index is 1.34. The first-order valence-electron chi connectivity index (χ1n) is 12.8. The first-order valence-corrected chi connectivity index (χ1v) is 12.8. The number of alkyl halides is 3. The summed E-state index contributed by atoms with van der Waals surface area (Å²) in [6.07, 6.45) is -4.83. The molecule has 0 unspecified atom stereocenters. The van der Waals surface area contributed by atoms with Gasteiger partial charge in [0.15, 0.2) is 5.69 Å². The highest BCUT2D eigenvalue weighted by atomic mass is 19.4. The number of ether oxygens (including phenoxy) is 2. The minimum atomic E-state index is -4.83. The second-order valence-electron chi connectivity index (χ2n) is 9.30. The highest BCUT2D eigenvalue weighted by molar-refractivity contribution is 6.02. The molecule has 220 valence electrons. The Bertz CT molecular complexity index is 1900. The maximum Gasteiger partial charge on any atom is 0.433 e. The molecule has 0 fully saturated rings. The molecule has 4 aromatic carbocycles. The zero-order valence-electron chi connectivity index (χ0n) is 22.2. The maximum atomic E-state index is 14.0. The molecule has 0 bridgehead atoms. The fraction of sp³-hybridized carbons (Fsp3) is 0.0323. The number of hydrogen-bond acceptors (Lipinski definition) is 6. The Morgan fingerprint density at radius 1 is 0.705 bits per heavy atom. The van der Waals surface area contributed by atoms with Crippen LogP contribution in [0.4, 0.5) is 27.6 Å². The van der Waals surface area contributed by atoms with Gasteiger partial charge in [0.1, 0.15) is 34.6 Å². The van der Waals surface area contributed by atoms with Gasteiger partial charge in [0, 0.05) is 29.4 Å². The second-order valence-corrected chi connectivity index (χ2v) is 9.30. The molecule has 0 atom stereocenters. The molecule has 0 spiro atoms. The number of carbonyl (C=O) groups excluding carboxylic acids is 1. The van der Waals surface area contributed by atoms with Crippen LogP contribution in [0.1, 0.15) is 16.3 Å². The van der Waals surface area contributed by atoms with Gasteiger partial charge in [-0.1, -0.05) is 30.3 Å². The van der Waals surface area contributed by atoms with Crippen LogP contribution < -0.4 is 14.8 Å². The van der Waals surface area contributed by atoms with E-state index in [4.69, 9.17) is 9.47 Å². The molecule has 13 heteroatoms. The second kappa shape index (κ2) is 11.4. The van der Waals surface area contributed by atoms with Crippen LogP contribution in [-0.2, 0) is 6.18 Å². The zero-order chi connectivity index (χ0) is 30.8. The summed E-state index contributed by atoms with van der Waals surface area (Å²) in [5.41, 5.74) is -0.656. The minimum Gasteiger partial charge on any atom is -0.457 e. The van der Waals surface area contributed by atoms with Gasteiger partial charge in [-0.3, -0.25) is 4.79 Å². The van der Waals surface area contributed by atoms with Gasteiger partial charge < -0.3 is 14.8 Å². The van der Waals surface area contributed by atoms with Gasteiger partial charge >= 0.3 is 6.18 Å². The number of amides is 1. The fourth-order valence-electron chi connectivity index (χ4n) is 4.15. The number of carbonyl (C=O) groups is 1. The van der Waals surface area contributed by atoms with Crippen LogP contribution in [0.25, 0.3) is 17.0 Å². The van der Waals surface area contributed by atoms with Crippen molar-refractivity contribution in [1.29, 1.82) is 0 Å². The largest absolute Gasteiger partial charge is 0.457 e. The van der Waals surface area contributed by atoms with Gasteiger partial charge in [-0.25, -0.2) is 13.8 Å². The van der Waals surface area contributed by atoms with Gasteiger partial charge in [-0.2, -0.15) is 22.7 Å². The van der Waals surface area contributed by atoms with Crippen molar-refractivity contribution >= 4 is 17.4 Å². The monoisotopic (exact) mass is 603 g/mol. The third-order valence-electron chi connectivity index (χ3n) is 6.11. The van der Waals surface area contributed by atoms with Crippen molar-refractivity contribution in [3.8, 4) is 34.3 Å². The van der Waals surface area contributed by atoms with Gasteiger partial charge in [-0.05, 0) is 54.6 Å². The van der Waals surface area contributed by atoms with Crippen molar-refractivity contribution < 1.29 is 36.2 Å². The van der Waals surface area contributed by atoms with Crippen molar-refractivity contribution in [2.75, 3.05) is 5.32 Å². The van der Waals surface area contributed by atoms with Gasteiger partial charge in [0.25, 0.3) is 11.7 Å². The highest BCUT2D eigenvalue weighted by Gasteiger charge is 2.36. The van der Waals surface area contributed by atoms with Gasteiger partial charge in [0.05, 0.1) is 5.69 Å². The van der Waals surface area contributed by atoms with E-state index in [1.54, 1.807) is 30.3 Å². The van der Waals surface area contributed by atoms with Crippen molar-refractivity contribution in [1.82, 2.24) is 19.6 Å². The molecule has 6 rings (SSSR count). The first-order chi connectivity index (χ1) is 21.1. The van der Waals surface area contributed by atoms with E-state index in [0.29, 0.717) is 10.1 Å². The molecule has 0 aliphatic heterocycles. The van der Waals surface area contributed by atoms with E-state index < -0.39 is 41.0 Å². The molecular formula is C31H18F5N5O3. The summed E-state index contributed by atoms with van der Waals surface area (Å²) >= 11 is 0. The molecule has 1 amide bonds. The molecule has 2 aromatic heterocycles. The quantitative estimate of drug-likeness (QED) is 0.187. The average molecular weight is 604 g/mol. The molecule has 2 heterocycles. The lowest BCUT2D eigenvalue weighted by Gasteiger charge is -2.12. The van der Waals surface area contributed by atoms with E-state index in [1.165, 1.54) is 66.7 Å². The van der Waals surface area contributed by atoms with Crippen molar-refractivity contribution in [2.45, 2.75) is 6.18 Å². The average Bonchev–Trinajstić information content (AvgIpc) is 3.43. The molecule has 8 nitrogen and oxygen atoms in total. The van der Waals surface area contributed by atoms with Gasteiger partial charge in [-0.15, -0.1) is 5.10 Å². The summed E-state index contributed by atoms with van der Waals surface area (Å²) < 4.78 is 80.7. The number of benzene rings is 4. The first kappa shape index (κ1) is 28.3. The van der Waals surface area contributed by atoms with Crippen molar-refractivity contribution in [3.05, 3.63) is 126 Å². The molecule has 6 aromatic rings. The Morgan fingerprint density at radius 2 is 1.27 bits per heavy atom. The highest BCUT2D eigenvalue weighted by Crippen LogP contribution is 2.34. The van der Waals surface area contributed by atoms with Crippen LogP contribution in [-0.4, -0.2) is 25.5 Å². The lowest BCUT2D eigenvalue weighted by molar-refractivity contribution is -0.142. The molecule has 0 saturated carbocycles. The van der Waals surface area contributed by atoms with Crippen LogP contribution in [0.3, 0.4) is 0 Å². The Hall–Kier alpha value is -5.85. The van der Waals surface area contributed by atoms with Crippen molar-refractivity contribution in [3.63, 3.8) is 0 Å². The third kappa shape index (κ3) is 6.31. The number of nitrogens with one attached hydrogen (secondary N) is 1. The van der Waals surface area contributed by atoms with Crippen LogP contribution in [0, 0.1) is 11.6 Å².